The quantitative estimate of drug-likeness (QED) is 0.761. The second kappa shape index (κ2) is 5.52. The van der Waals surface area contributed by atoms with Gasteiger partial charge in [-0.2, -0.15) is 0 Å². The summed E-state index contributed by atoms with van der Waals surface area (Å²) in [6, 6.07) is 7.98. The third kappa shape index (κ3) is 3.01. The van der Waals surface area contributed by atoms with Crippen molar-refractivity contribution in [2.75, 3.05) is 0 Å². The standard InChI is InChI=1S/C17H21NO/c1-5-13-9-15-10-14(17(19)8-11(2)3)6-7-16(15)18-12(13)4/h6-7,9-11H,5,8H2,1-4H3. The third-order valence-electron chi connectivity index (χ3n) is 3.41. The van der Waals surface area contributed by atoms with Gasteiger partial charge in [0.2, 0.25) is 0 Å². The fourth-order valence-electron chi connectivity index (χ4n) is 2.34. The Morgan fingerprint density at radius 3 is 2.63 bits per heavy atom. The minimum Gasteiger partial charge on any atom is -0.294 e. The molecule has 0 aliphatic rings. The number of aryl methyl sites for hydroxylation is 2. The van der Waals surface area contributed by atoms with Crippen LogP contribution in [0, 0.1) is 12.8 Å². The van der Waals surface area contributed by atoms with E-state index >= 15 is 0 Å². The molecule has 0 amide bonds. The first-order valence-corrected chi connectivity index (χ1v) is 6.94. The van der Waals surface area contributed by atoms with E-state index in [1.165, 1.54) is 5.56 Å². The zero-order chi connectivity index (χ0) is 14.0. The van der Waals surface area contributed by atoms with Gasteiger partial charge in [-0.15, -0.1) is 0 Å². The molecule has 2 nitrogen and oxygen atoms in total. The molecule has 0 spiro atoms. The molecular weight excluding hydrogens is 234 g/mol. The molecule has 1 aromatic carbocycles. The lowest BCUT2D eigenvalue weighted by Gasteiger charge is -2.08. The van der Waals surface area contributed by atoms with E-state index in [0.717, 1.165) is 28.6 Å². The van der Waals surface area contributed by atoms with Gasteiger partial charge in [0.25, 0.3) is 0 Å². The molecule has 100 valence electrons. The highest BCUT2D eigenvalue weighted by molar-refractivity contribution is 5.99. The molecule has 1 heterocycles. The second-order valence-corrected chi connectivity index (χ2v) is 5.52. The normalized spacial score (nSPS) is 11.2. The second-order valence-electron chi connectivity index (χ2n) is 5.52. The molecule has 0 fully saturated rings. The zero-order valence-electron chi connectivity index (χ0n) is 12.2. The molecule has 0 atom stereocenters. The Bertz CT molecular complexity index is 614. The van der Waals surface area contributed by atoms with Crippen molar-refractivity contribution >= 4 is 16.7 Å². The van der Waals surface area contributed by atoms with Crippen molar-refractivity contribution < 1.29 is 4.79 Å². The van der Waals surface area contributed by atoms with E-state index < -0.39 is 0 Å². The number of fused-ring (bicyclic) bond motifs is 1. The van der Waals surface area contributed by atoms with E-state index in [-0.39, 0.29) is 5.78 Å². The molecule has 0 aliphatic heterocycles. The fourth-order valence-corrected chi connectivity index (χ4v) is 2.34. The Kier molecular flexibility index (Phi) is 3.98. The molecule has 0 aliphatic carbocycles. The summed E-state index contributed by atoms with van der Waals surface area (Å²) < 4.78 is 0. The van der Waals surface area contributed by atoms with Crippen LogP contribution in [0.3, 0.4) is 0 Å². The summed E-state index contributed by atoms with van der Waals surface area (Å²) in [7, 11) is 0. The van der Waals surface area contributed by atoms with Crippen molar-refractivity contribution in [1.29, 1.82) is 0 Å². The number of carbonyl (C=O) groups excluding carboxylic acids is 1. The molecule has 2 aromatic rings. The molecule has 19 heavy (non-hydrogen) atoms. The summed E-state index contributed by atoms with van der Waals surface area (Å²) in [5.41, 5.74) is 4.10. The van der Waals surface area contributed by atoms with Crippen LogP contribution in [0.2, 0.25) is 0 Å². The van der Waals surface area contributed by atoms with Gasteiger partial charge in [-0.25, -0.2) is 0 Å². The van der Waals surface area contributed by atoms with Crippen molar-refractivity contribution in [2.24, 2.45) is 5.92 Å². The average molecular weight is 255 g/mol. The Morgan fingerprint density at radius 1 is 1.26 bits per heavy atom. The number of carbonyl (C=O) groups is 1. The smallest absolute Gasteiger partial charge is 0.163 e. The molecule has 0 bridgehead atoms. The van der Waals surface area contributed by atoms with Crippen LogP contribution in [0.4, 0.5) is 0 Å². The van der Waals surface area contributed by atoms with Crippen LogP contribution in [0.15, 0.2) is 24.3 Å². The molecule has 1 aromatic heterocycles. The van der Waals surface area contributed by atoms with Crippen molar-refractivity contribution in [1.82, 2.24) is 4.98 Å². The molecular formula is C17H21NO. The van der Waals surface area contributed by atoms with E-state index in [0.29, 0.717) is 12.3 Å². The lowest BCUT2D eigenvalue weighted by Crippen LogP contribution is -2.03. The maximum absolute atomic E-state index is 12.1. The SMILES string of the molecule is CCc1cc2cc(C(=O)CC(C)C)ccc2nc1C. The predicted molar refractivity (Wildman–Crippen MR) is 79.6 cm³/mol. The number of hydrogen-bond acceptors (Lipinski definition) is 2. The number of rotatable bonds is 4. The maximum atomic E-state index is 12.1. The summed E-state index contributed by atoms with van der Waals surface area (Å²) >= 11 is 0. The van der Waals surface area contributed by atoms with E-state index in [9.17, 15) is 4.79 Å². The van der Waals surface area contributed by atoms with Crippen LogP contribution in [-0.4, -0.2) is 10.8 Å². The van der Waals surface area contributed by atoms with Crippen LogP contribution in [-0.2, 0) is 6.42 Å². The van der Waals surface area contributed by atoms with Gasteiger partial charge in [0.15, 0.2) is 5.78 Å². The van der Waals surface area contributed by atoms with Crippen LogP contribution in [0.25, 0.3) is 10.9 Å². The van der Waals surface area contributed by atoms with E-state index in [1.807, 2.05) is 25.1 Å². The van der Waals surface area contributed by atoms with Gasteiger partial charge in [-0.1, -0.05) is 20.8 Å². The number of hydrogen-bond donors (Lipinski definition) is 0. The number of Topliss-reactive ketones (excluding diaryl/α,β-unsaturated/α-hetero) is 1. The monoisotopic (exact) mass is 255 g/mol. The zero-order valence-corrected chi connectivity index (χ0v) is 12.2. The first-order chi connectivity index (χ1) is 9.01. The van der Waals surface area contributed by atoms with Gasteiger partial charge in [-0.3, -0.25) is 9.78 Å². The molecule has 0 unspecified atom stereocenters. The maximum Gasteiger partial charge on any atom is 0.163 e. The van der Waals surface area contributed by atoms with Gasteiger partial charge in [0.05, 0.1) is 5.52 Å². The highest BCUT2D eigenvalue weighted by atomic mass is 16.1. The Morgan fingerprint density at radius 2 is 2.00 bits per heavy atom. The van der Waals surface area contributed by atoms with Crippen molar-refractivity contribution in [3.63, 3.8) is 0 Å². The van der Waals surface area contributed by atoms with Crippen molar-refractivity contribution in [2.45, 2.75) is 40.5 Å². The Labute approximate surface area is 114 Å². The van der Waals surface area contributed by atoms with E-state index in [2.05, 4.69) is 31.8 Å². The third-order valence-corrected chi connectivity index (χ3v) is 3.41. The van der Waals surface area contributed by atoms with Gasteiger partial charge in [-0.05, 0) is 49.1 Å². The topological polar surface area (TPSA) is 30.0 Å². The number of benzene rings is 1. The highest BCUT2D eigenvalue weighted by Crippen LogP contribution is 2.20. The number of nitrogens with zero attached hydrogens (tertiary/aromatic N) is 1. The van der Waals surface area contributed by atoms with Crippen LogP contribution in [0.5, 0.6) is 0 Å². The van der Waals surface area contributed by atoms with Gasteiger partial charge >= 0.3 is 0 Å². The van der Waals surface area contributed by atoms with Crippen molar-refractivity contribution in [3.8, 4) is 0 Å². The minimum absolute atomic E-state index is 0.218. The average Bonchev–Trinajstić information content (AvgIpc) is 2.36. The summed E-state index contributed by atoms with van der Waals surface area (Å²) in [6.45, 7) is 8.30. The number of ketones is 1. The summed E-state index contributed by atoms with van der Waals surface area (Å²) in [6.07, 6.45) is 1.57. The first kappa shape index (κ1) is 13.7. The van der Waals surface area contributed by atoms with Crippen molar-refractivity contribution in [3.05, 3.63) is 41.1 Å². The molecule has 2 heteroatoms. The molecule has 0 radical (unpaired) electrons. The van der Waals surface area contributed by atoms with Crippen LogP contribution < -0.4 is 0 Å². The minimum atomic E-state index is 0.218. The molecule has 0 saturated heterocycles. The van der Waals surface area contributed by atoms with Crippen LogP contribution in [0.1, 0.15) is 48.8 Å². The Balaban J connectivity index is 2.44. The Hall–Kier alpha value is -1.70. The predicted octanol–water partition coefficient (Wildman–Crippen LogP) is 4.33. The molecule has 2 rings (SSSR count). The van der Waals surface area contributed by atoms with Gasteiger partial charge in [0.1, 0.15) is 0 Å². The van der Waals surface area contributed by atoms with Gasteiger partial charge < -0.3 is 0 Å². The van der Waals surface area contributed by atoms with E-state index in [1.54, 1.807) is 0 Å². The molecule has 0 N–H and O–H groups in total. The summed E-state index contributed by atoms with van der Waals surface area (Å²) in [5.74, 6) is 0.612. The largest absolute Gasteiger partial charge is 0.294 e. The lowest BCUT2D eigenvalue weighted by molar-refractivity contribution is 0.0968. The van der Waals surface area contributed by atoms with Crippen LogP contribution >= 0.6 is 0 Å². The van der Waals surface area contributed by atoms with E-state index in [4.69, 9.17) is 0 Å². The summed E-state index contributed by atoms with van der Waals surface area (Å²) in [4.78, 5) is 16.7. The number of aromatic nitrogens is 1. The first-order valence-electron chi connectivity index (χ1n) is 6.94. The molecule has 0 saturated carbocycles. The fraction of sp³-hybridized carbons (Fsp3) is 0.412. The highest BCUT2D eigenvalue weighted by Gasteiger charge is 2.10. The lowest BCUT2D eigenvalue weighted by atomic mass is 9.99. The number of pyridine rings is 1. The summed E-state index contributed by atoms with van der Waals surface area (Å²) in [5, 5.41) is 1.07. The van der Waals surface area contributed by atoms with Gasteiger partial charge in [0, 0.05) is 23.1 Å².